The number of aromatic nitrogens is 4. The number of rotatable bonds is 6. The molecule has 2 aromatic carbocycles. The van der Waals surface area contributed by atoms with Crippen molar-refractivity contribution in [3.8, 4) is 0 Å². The molecule has 0 unspecified atom stereocenters. The minimum atomic E-state index is -0.583. The molecular formula is C21H14Cl2F2N6O2. The minimum absolute atomic E-state index is 0.0145. The fraction of sp³-hybridized carbons (Fsp3) is 0.0952. The second kappa shape index (κ2) is 9.47. The van der Waals surface area contributed by atoms with E-state index in [1.807, 2.05) is 0 Å². The number of carbonyl (C=O) groups is 2. The van der Waals surface area contributed by atoms with E-state index in [-0.39, 0.29) is 40.3 Å². The first-order valence-electron chi connectivity index (χ1n) is 9.47. The third kappa shape index (κ3) is 5.07. The summed E-state index contributed by atoms with van der Waals surface area (Å²) in [6.45, 7) is 0.120. The van der Waals surface area contributed by atoms with Crippen LogP contribution >= 0.6 is 23.2 Å². The largest absolute Gasteiger partial charge is 0.347 e. The summed E-state index contributed by atoms with van der Waals surface area (Å²) in [5.74, 6) is -2.23. The van der Waals surface area contributed by atoms with Crippen molar-refractivity contribution in [1.29, 1.82) is 0 Å². The molecule has 2 amide bonds. The van der Waals surface area contributed by atoms with Crippen LogP contribution in [0.1, 0.15) is 32.1 Å². The average molecular weight is 491 g/mol. The molecular weight excluding hydrogens is 477 g/mol. The van der Waals surface area contributed by atoms with Gasteiger partial charge in [-0.3, -0.25) is 9.59 Å². The summed E-state index contributed by atoms with van der Waals surface area (Å²) in [5.41, 5.74) is 1.10. The topological polar surface area (TPSA) is 101 Å². The van der Waals surface area contributed by atoms with Crippen molar-refractivity contribution in [2.24, 2.45) is 0 Å². The molecule has 2 aromatic heterocycles. The Labute approximate surface area is 195 Å². The fourth-order valence-corrected chi connectivity index (χ4v) is 3.34. The maximum Gasteiger partial charge on any atom is 0.270 e. The lowest BCUT2D eigenvalue weighted by Crippen LogP contribution is -2.28. The summed E-state index contributed by atoms with van der Waals surface area (Å²) in [4.78, 5) is 33.5. The molecule has 2 heterocycles. The Morgan fingerprint density at radius 3 is 2.03 bits per heavy atom. The summed E-state index contributed by atoms with van der Waals surface area (Å²) >= 11 is 11.5. The second-order valence-electron chi connectivity index (χ2n) is 6.86. The van der Waals surface area contributed by atoms with Crippen LogP contribution in [0.2, 0.25) is 10.0 Å². The standard InChI is InChI=1S/C21H14Cl2F2N6O2/c22-13-5-11(1-3-15(13)24)8-26-19(32)17-7-18(31-21(30-17)28-10-29-31)20(33)27-9-12-2-4-16(25)14(23)6-12/h1-7,10H,8-9H2,(H,26,32)(H,27,33). The third-order valence-corrected chi connectivity index (χ3v) is 5.17. The van der Waals surface area contributed by atoms with Gasteiger partial charge in [0.25, 0.3) is 17.6 Å². The van der Waals surface area contributed by atoms with Crippen molar-refractivity contribution in [2.45, 2.75) is 13.1 Å². The molecule has 8 nitrogen and oxygen atoms in total. The Hall–Kier alpha value is -3.63. The van der Waals surface area contributed by atoms with E-state index >= 15 is 0 Å². The van der Waals surface area contributed by atoms with E-state index in [9.17, 15) is 18.4 Å². The van der Waals surface area contributed by atoms with Crippen LogP contribution in [0.4, 0.5) is 8.78 Å². The van der Waals surface area contributed by atoms with E-state index in [1.54, 1.807) is 0 Å². The SMILES string of the molecule is O=C(NCc1ccc(F)c(Cl)c1)c1cc(C(=O)NCc2ccc(F)c(Cl)c2)n2ncnc2n1. The van der Waals surface area contributed by atoms with Gasteiger partial charge in [-0.2, -0.15) is 14.6 Å². The van der Waals surface area contributed by atoms with E-state index in [2.05, 4.69) is 25.7 Å². The lowest BCUT2D eigenvalue weighted by Gasteiger charge is -2.10. The molecule has 2 N–H and O–H groups in total. The zero-order valence-electron chi connectivity index (χ0n) is 16.7. The van der Waals surface area contributed by atoms with Gasteiger partial charge < -0.3 is 10.6 Å². The molecule has 33 heavy (non-hydrogen) atoms. The van der Waals surface area contributed by atoms with Gasteiger partial charge in [0.2, 0.25) is 0 Å². The van der Waals surface area contributed by atoms with Crippen LogP contribution < -0.4 is 10.6 Å². The molecule has 0 aliphatic heterocycles. The molecule has 0 fully saturated rings. The summed E-state index contributed by atoms with van der Waals surface area (Å²) in [6, 6.07) is 9.42. The first kappa shape index (κ1) is 22.6. The number of hydrogen-bond acceptors (Lipinski definition) is 5. The number of benzene rings is 2. The monoisotopic (exact) mass is 490 g/mol. The lowest BCUT2D eigenvalue weighted by atomic mass is 10.2. The van der Waals surface area contributed by atoms with Crippen LogP contribution in [0.5, 0.6) is 0 Å². The molecule has 0 atom stereocenters. The first-order chi connectivity index (χ1) is 15.8. The summed E-state index contributed by atoms with van der Waals surface area (Å²) < 4.78 is 27.8. The highest BCUT2D eigenvalue weighted by Gasteiger charge is 2.18. The van der Waals surface area contributed by atoms with E-state index in [0.29, 0.717) is 11.1 Å². The van der Waals surface area contributed by atoms with E-state index in [1.165, 1.54) is 53.3 Å². The Bertz CT molecular complexity index is 1380. The Morgan fingerprint density at radius 2 is 1.45 bits per heavy atom. The number of fused-ring (bicyclic) bond motifs is 1. The van der Waals surface area contributed by atoms with Crippen LogP contribution in [-0.4, -0.2) is 31.4 Å². The summed E-state index contributed by atoms with van der Waals surface area (Å²) in [5, 5.41) is 9.13. The van der Waals surface area contributed by atoms with Gasteiger partial charge in [0.15, 0.2) is 0 Å². The smallest absolute Gasteiger partial charge is 0.270 e. The van der Waals surface area contributed by atoms with Gasteiger partial charge in [0, 0.05) is 19.2 Å². The average Bonchev–Trinajstić information content (AvgIpc) is 3.28. The van der Waals surface area contributed by atoms with Gasteiger partial charge in [-0.25, -0.2) is 13.8 Å². The molecule has 0 spiro atoms. The van der Waals surface area contributed by atoms with Gasteiger partial charge in [-0.05, 0) is 35.4 Å². The first-order valence-corrected chi connectivity index (χ1v) is 10.2. The molecule has 0 saturated carbocycles. The predicted molar refractivity (Wildman–Crippen MR) is 116 cm³/mol. The normalized spacial score (nSPS) is 10.9. The molecule has 0 aliphatic rings. The number of carbonyl (C=O) groups excluding carboxylic acids is 2. The second-order valence-corrected chi connectivity index (χ2v) is 7.68. The van der Waals surface area contributed by atoms with Crippen molar-refractivity contribution >= 4 is 40.8 Å². The van der Waals surface area contributed by atoms with Crippen LogP contribution in [0.15, 0.2) is 48.8 Å². The highest BCUT2D eigenvalue weighted by Crippen LogP contribution is 2.17. The molecule has 12 heteroatoms. The van der Waals surface area contributed by atoms with Gasteiger partial charge in [-0.1, -0.05) is 35.3 Å². The van der Waals surface area contributed by atoms with E-state index < -0.39 is 23.4 Å². The van der Waals surface area contributed by atoms with Gasteiger partial charge in [-0.15, -0.1) is 0 Å². The number of halogens is 4. The third-order valence-electron chi connectivity index (χ3n) is 4.59. The highest BCUT2D eigenvalue weighted by molar-refractivity contribution is 6.31. The van der Waals surface area contributed by atoms with Crippen molar-refractivity contribution in [3.63, 3.8) is 0 Å². The lowest BCUT2D eigenvalue weighted by molar-refractivity contribution is 0.0942. The molecule has 0 aliphatic carbocycles. The Kier molecular flexibility index (Phi) is 6.47. The number of hydrogen-bond donors (Lipinski definition) is 2. The summed E-state index contributed by atoms with van der Waals surface area (Å²) in [7, 11) is 0. The van der Waals surface area contributed by atoms with Crippen molar-refractivity contribution < 1.29 is 18.4 Å². The van der Waals surface area contributed by atoms with Gasteiger partial charge >= 0.3 is 0 Å². The molecule has 0 saturated heterocycles. The highest BCUT2D eigenvalue weighted by atomic mass is 35.5. The van der Waals surface area contributed by atoms with Crippen molar-refractivity contribution in [2.75, 3.05) is 0 Å². The maximum atomic E-state index is 13.3. The Balaban J connectivity index is 1.51. The quantitative estimate of drug-likeness (QED) is 0.430. The van der Waals surface area contributed by atoms with Gasteiger partial charge in [0.05, 0.1) is 10.0 Å². The van der Waals surface area contributed by atoms with Crippen LogP contribution in [0.25, 0.3) is 5.78 Å². The number of nitrogens with zero attached hydrogens (tertiary/aromatic N) is 4. The minimum Gasteiger partial charge on any atom is -0.347 e. The van der Waals surface area contributed by atoms with Crippen LogP contribution in [-0.2, 0) is 13.1 Å². The van der Waals surface area contributed by atoms with Crippen LogP contribution in [0.3, 0.4) is 0 Å². The molecule has 0 radical (unpaired) electrons. The van der Waals surface area contributed by atoms with E-state index in [0.717, 1.165) is 0 Å². The summed E-state index contributed by atoms with van der Waals surface area (Å²) in [6.07, 6.45) is 1.20. The van der Waals surface area contributed by atoms with Gasteiger partial charge in [0.1, 0.15) is 29.3 Å². The van der Waals surface area contributed by atoms with E-state index in [4.69, 9.17) is 23.2 Å². The van der Waals surface area contributed by atoms with Crippen molar-refractivity contribution in [3.05, 3.63) is 93.0 Å². The van der Waals surface area contributed by atoms with Crippen molar-refractivity contribution in [1.82, 2.24) is 30.2 Å². The number of amides is 2. The fourth-order valence-electron chi connectivity index (χ4n) is 2.94. The Morgan fingerprint density at radius 1 is 0.879 bits per heavy atom. The zero-order valence-corrected chi connectivity index (χ0v) is 18.2. The zero-order chi connectivity index (χ0) is 23.5. The van der Waals surface area contributed by atoms with Crippen LogP contribution in [0, 0.1) is 11.6 Å². The molecule has 4 aromatic rings. The predicted octanol–water partition coefficient (Wildman–Crippen LogP) is 3.57. The maximum absolute atomic E-state index is 13.3. The number of nitrogens with one attached hydrogen (secondary N) is 2. The molecule has 4 rings (SSSR count). The molecule has 168 valence electrons. The molecule has 0 bridgehead atoms.